The summed E-state index contributed by atoms with van der Waals surface area (Å²) >= 11 is 0. The van der Waals surface area contributed by atoms with Gasteiger partial charge in [-0.3, -0.25) is 4.79 Å². The summed E-state index contributed by atoms with van der Waals surface area (Å²) in [7, 11) is 1.54. The molecule has 3 heterocycles. The smallest absolute Gasteiger partial charge is 0.242 e. The van der Waals surface area contributed by atoms with Gasteiger partial charge < -0.3 is 19.7 Å². The van der Waals surface area contributed by atoms with E-state index in [0.717, 1.165) is 13.0 Å². The highest BCUT2D eigenvalue weighted by Gasteiger charge is 2.42. The first kappa shape index (κ1) is 13.1. The molecule has 1 aromatic rings. The molecule has 0 bridgehead atoms. The molecule has 0 aromatic carbocycles. The number of fused-ring (bicyclic) bond motifs is 2. The molecular weight excluding hydrogens is 260 g/mol. The monoisotopic (exact) mass is 278 g/mol. The number of rotatable bonds is 3. The Balaban J connectivity index is 2.10. The van der Waals surface area contributed by atoms with Gasteiger partial charge >= 0.3 is 0 Å². The molecule has 0 spiro atoms. The molecule has 0 aliphatic carbocycles. The van der Waals surface area contributed by atoms with Gasteiger partial charge in [-0.2, -0.15) is 4.98 Å². The second-order valence-corrected chi connectivity index (χ2v) is 4.98. The van der Waals surface area contributed by atoms with Gasteiger partial charge in [0.1, 0.15) is 12.0 Å². The van der Waals surface area contributed by atoms with E-state index >= 15 is 0 Å². The Morgan fingerprint density at radius 3 is 3.10 bits per heavy atom. The Hall–Kier alpha value is -1.89. The van der Waals surface area contributed by atoms with Crippen LogP contribution in [0.4, 0.5) is 11.5 Å². The molecule has 1 saturated heterocycles. The number of nitrogens with zero attached hydrogens (tertiary/aromatic N) is 3. The predicted molar refractivity (Wildman–Crippen MR) is 72.9 cm³/mol. The molecule has 1 amide bonds. The van der Waals surface area contributed by atoms with Crippen LogP contribution < -0.4 is 15.0 Å². The lowest BCUT2D eigenvalue weighted by Crippen LogP contribution is -2.43. The van der Waals surface area contributed by atoms with Gasteiger partial charge in [0.15, 0.2) is 5.82 Å². The lowest BCUT2D eigenvalue weighted by molar-refractivity contribution is -0.120. The summed E-state index contributed by atoms with van der Waals surface area (Å²) in [4.78, 5) is 22.9. The molecule has 0 saturated carbocycles. The molecule has 2 unspecified atom stereocenters. The fraction of sp³-hybridized carbons (Fsp3) is 0.615. The van der Waals surface area contributed by atoms with Crippen molar-refractivity contribution in [2.24, 2.45) is 5.92 Å². The van der Waals surface area contributed by atoms with Gasteiger partial charge in [-0.15, -0.1) is 0 Å². The third kappa shape index (κ3) is 1.98. The number of anilines is 2. The van der Waals surface area contributed by atoms with Gasteiger partial charge in [0.05, 0.1) is 32.3 Å². The van der Waals surface area contributed by atoms with Crippen LogP contribution in [0.2, 0.25) is 0 Å². The zero-order valence-corrected chi connectivity index (χ0v) is 11.6. The van der Waals surface area contributed by atoms with Gasteiger partial charge in [-0.25, -0.2) is 4.98 Å². The zero-order valence-electron chi connectivity index (χ0n) is 11.6. The Morgan fingerprint density at radius 1 is 1.50 bits per heavy atom. The number of carbonyl (C=O) groups is 1. The fourth-order valence-electron chi connectivity index (χ4n) is 2.83. The van der Waals surface area contributed by atoms with Crippen LogP contribution in [0.15, 0.2) is 6.33 Å². The normalized spacial score (nSPS) is 24.7. The van der Waals surface area contributed by atoms with E-state index < -0.39 is 0 Å². The Morgan fingerprint density at radius 2 is 2.35 bits per heavy atom. The molecular formula is C13H18N4O3. The van der Waals surface area contributed by atoms with Gasteiger partial charge in [0, 0.05) is 6.54 Å². The molecule has 0 radical (unpaired) electrons. The first-order valence-electron chi connectivity index (χ1n) is 6.80. The predicted octanol–water partition coefficient (Wildman–Crippen LogP) is 0.669. The van der Waals surface area contributed by atoms with Gasteiger partial charge in [0.2, 0.25) is 11.8 Å². The minimum Gasteiger partial charge on any atom is -0.479 e. The lowest BCUT2D eigenvalue weighted by Gasteiger charge is -2.29. The van der Waals surface area contributed by atoms with E-state index in [9.17, 15) is 4.79 Å². The summed E-state index contributed by atoms with van der Waals surface area (Å²) in [6.07, 6.45) is 2.42. The van der Waals surface area contributed by atoms with E-state index in [-0.39, 0.29) is 17.9 Å². The highest BCUT2D eigenvalue weighted by atomic mass is 16.5. The molecule has 1 N–H and O–H groups in total. The van der Waals surface area contributed by atoms with Crippen molar-refractivity contribution in [2.75, 3.05) is 37.1 Å². The van der Waals surface area contributed by atoms with Gasteiger partial charge in [-0.1, -0.05) is 6.92 Å². The first-order chi connectivity index (χ1) is 9.76. The minimum absolute atomic E-state index is 0.0239. The van der Waals surface area contributed by atoms with Crippen molar-refractivity contribution in [2.45, 2.75) is 19.4 Å². The van der Waals surface area contributed by atoms with Crippen LogP contribution in [0.1, 0.15) is 13.3 Å². The highest BCUT2D eigenvalue weighted by Crippen LogP contribution is 2.38. The van der Waals surface area contributed by atoms with Crippen LogP contribution in [-0.4, -0.2) is 48.8 Å². The average molecular weight is 278 g/mol. The summed E-state index contributed by atoms with van der Waals surface area (Å²) in [5, 5.41) is 2.89. The quantitative estimate of drug-likeness (QED) is 0.875. The molecule has 108 valence electrons. The summed E-state index contributed by atoms with van der Waals surface area (Å²) in [6, 6.07) is 0.0239. The van der Waals surface area contributed by atoms with Crippen molar-refractivity contribution in [1.29, 1.82) is 0 Å². The summed E-state index contributed by atoms with van der Waals surface area (Å²) in [5.74, 6) is 0.872. The third-order valence-electron chi connectivity index (χ3n) is 3.76. The molecule has 2 aliphatic heterocycles. The molecule has 20 heavy (non-hydrogen) atoms. The SMILES string of the molecule is CCCN1c2ncnc(OC)c2NC(=O)C2COCC21. The zero-order chi connectivity index (χ0) is 14.1. The topological polar surface area (TPSA) is 76.6 Å². The standard InChI is InChI=1S/C13H18N4O3/c1-3-4-17-9-6-20-5-8(9)12(18)16-10-11(17)14-7-15-13(10)19-2/h7-9H,3-6H2,1-2H3,(H,16,18). The second-order valence-electron chi connectivity index (χ2n) is 4.98. The van der Waals surface area contributed by atoms with Crippen LogP contribution in [0, 0.1) is 5.92 Å². The van der Waals surface area contributed by atoms with E-state index in [1.807, 2.05) is 0 Å². The molecule has 2 aliphatic rings. The summed E-state index contributed by atoms with van der Waals surface area (Å²) in [6.45, 7) is 3.90. The summed E-state index contributed by atoms with van der Waals surface area (Å²) in [5.41, 5.74) is 0.558. The van der Waals surface area contributed by atoms with Crippen LogP contribution in [0.25, 0.3) is 0 Å². The van der Waals surface area contributed by atoms with Crippen molar-refractivity contribution >= 4 is 17.4 Å². The van der Waals surface area contributed by atoms with Gasteiger partial charge in [-0.05, 0) is 6.42 Å². The largest absolute Gasteiger partial charge is 0.479 e. The number of nitrogens with one attached hydrogen (secondary N) is 1. The maximum Gasteiger partial charge on any atom is 0.242 e. The highest BCUT2D eigenvalue weighted by molar-refractivity contribution is 5.99. The number of ether oxygens (including phenoxy) is 2. The van der Waals surface area contributed by atoms with E-state index in [4.69, 9.17) is 9.47 Å². The number of methoxy groups -OCH3 is 1. The fourth-order valence-corrected chi connectivity index (χ4v) is 2.83. The average Bonchev–Trinajstić information content (AvgIpc) is 2.90. The first-order valence-corrected chi connectivity index (χ1v) is 6.80. The van der Waals surface area contributed by atoms with Crippen molar-refractivity contribution in [3.8, 4) is 5.88 Å². The molecule has 2 atom stereocenters. The van der Waals surface area contributed by atoms with E-state index in [1.165, 1.54) is 13.4 Å². The molecule has 7 nitrogen and oxygen atoms in total. The minimum atomic E-state index is -0.180. The van der Waals surface area contributed by atoms with Crippen molar-refractivity contribution in [3.05, 3.63) is 6.33 Å². The number of amides is 1. The van der Waals surface area contributed by atoms with Crippen LogP contribution in [-0.2, 0) is 9.53 Å². The number of hydrogen-bond donors (Lipinski definition) is 1. The number of hydrogen-bond acceptors (Lipinski definition) is 6. The van der Waals surface area contributed by atoms with Crippen LogP contribution >= 0.6 is 0 Å². The molecule has 3 rings (SSSR count). The van der Waals surface area contributed by atoms with E-state index in [0.29, 0.717) is 30.6 Å². The Labute approximate surface area is 117 Å². The maximum absolute atomic E-state index is 12.3. The van der Waals surface area contributed by atoms with Crippen LogP contribution in [0.5, 0.6) is 5.88 Å². The molecule has 1 aromatic heterocycles. The Bertz CT molecular complexity index is 522. The van der Waals surface area contributed by atoms with E-state index in [2.05, 4.69) is 27.1 Å². The molecule has 7 heteroatoms. The van der Waals surface area contributed by atoms with Crippen LogP contribution in [0.3, 0.4) is 0 Å². The van der Waals surface area contributed by atoms with Gasteiger partial charge in [0.25, 0.3) is 0 Å². The lowest BCUT2D eigenvalue weighted by atomic mass is 10.0. The third-order valence-corrected chi connectivity index (χ3v) is 3.76. The second kappa shape index (κ2) is 5.24. The maximum atomic E-state index is 12.3. The van der Waals surface area contributed by atoms with Crippen molar-refractivity contribution in [1.82, 2.24) is 9.97 Å². The number of aromatic nitrogens is 2. The van der Waals surface area contributed by atoms with Crippen molar-refractivity contribution in [3.63, 3.8) is 0 Å². The summed E-state index contributed by atoms with van der Waals surface area (Å²) < 4.78 is 10.7. The molecule has 1 fully saturated rings. The van der Waals surface area contributed by atoms with Crippen molar-refractivity contribution < 1.29 is 14.3 Å². The van der Waals surface area contributed by atoms with E-state index in [1.54, 1.807) is 0 Å². The number of carbonyl (C=O) groups excluding carboxylic acids is 1. The Kier molecular flexibility index (Phi) is 3.43.